The van der Waals surface area contributed by atoms with Crippen LogP contribution in [0.5, 0.6) is 5.75 Å². The second-order valence-electron chi connectivity index (χ2n) is 8.99. The zero-order valence-corrected chi connectivity index (χ0v) is 20.1. The Bertz CT molecular complexity index is 1230. The van der Waals surface area contributed by atoms with Gasteiger partial charge in [0, 0.05) is 41.4 Å². The number of aliphatic carboxylic acids is 1. The van der Waals surface area contributed by atoms with Crippen LogP contribution in [0.4, 0.5) is 14.5 Å². The molecule has 6 nitrogen and oxygen atoms in total. The SMILES string of the molecule is CC(N)c1cccc(-c2cc(COc3ccccc3CC(=O)O)cc(NCC3CCCO3)c2F)c1F. The summed E-state index contributed by atoms with van der Waals surface area (Å²) >= 11 is 0. The number of carboxylic acids is 1. The first-order valence-electron chi connectivity index (χ1n) is 12.0. The van der Waals surface area contributed by atoms with E-state index in [2.05, 4.69) is 5.32 Å². The summed E-state index contributed by atoms with van der Waals surface area (Å²) in [6, 6.07) is 14.2. The van der Waals surface area contributed by atoms with Crippen LogP contribution < -0.4 is 15.8 Å². The van der Waals surface area contributed by atoms with Crippen molar-refractivity contribution in [1.29, 1.82) is 0 Å². The van der Waals surface area contributed by atoms with E-state index in [0.717, 1.165) is 12.8 Å². The fourth-order valence-corrected chi connectivity index (χ4v) is 4.35. The van der Waals surface area contributed by atoms with Crippen LogP contribution in [0.15, 0.2) is 54.6 Å². The van der Waals surface area contributed by atoms with Gasteiger partial charge in [0.15, 0.2) is 5.82 Å². The summed E-state index contributed by atoms with van der Waals surface area (Å²) in [6.07, 6.45) is 1.64. The van der Waals surface area contributed by atoms with Crippen molar-refractivity contribution in [3.63, 3.8) is 0 Å². The predicted molar refractivity (Wildman–Crippen MR) is 134 cm³/mol. The molecule has 1 aliphatic heterocycles. The molecule has 1 heterocycles. The zero-order chi connectivity index (χ0) is 25.7. The summed E-state index contributed by atoms with van der Waals surface area (Å²) in [5, 5.41) is 12.3. The van der Waals surface area contributed by atoms with Crippen LogP contribution >= 0.6 is 0 Å². The van der Waals surface area contributed by atoms with E-state index in [-0.39, 0.29) is 35.9 Å². The van der Waals surface area contributed by atoms with Crippen molar-refractivity contribution < 1.29 is 28.2 Å². The number of hydrogen-bond acceptors (Lipinski definition) is 5. The maximum atomic E-state index is 15.7. The molecular formula is C28H30F2N2O4. The molecule has 4 rings (SSSR count). The van der Waals surface area contributed by atoms with E-state index in [0.29, 0.717) is 35.6 Å². The Balaban J connectivity index is 1.68. The molecule has 2 atom stereocenters. The first-order valence-corrected chi connectivity index (χ1v) is 12.0. The predicted octanol–water partition coefficient (Wildman–Crippen LogP) is 5.45. The monoisotopic (exact) mass is 496 g/mol. The Morgan fingerprint density at radius 3 is 2.69 bits per heavy atom. The van der Waals surface area contributed by atoms with Crippen molar-refractivity contribution in [3.8, 4) is 16.9 Å². The number of anilines is 1. The first-order chi connectivity index (χ1) is 17.3. The third kappa shape index (κ3) is 6.01. The van der Waals surface area contributed by atoms with Gasteiger partial charge in [-0.2, -0.15) is 0 Å². The van der Waals surface area contributed by atoms with E-state index >= 15 is 8.78 Å². The fraction of sp³-hybridized carbons (Fsp3) is 0.321. The molecular weight excluding hydrogens is 466 g/mol. The minimum Gasteiger partial charge on any atom is -0.489 e. The maximum absolute atomic E-state index is 15.7. The van der Waals surface area contributed by atoms with Crippen molar-refractivity contribution in [3.05, 3.63) is 82.9 Å². The first kappa shape index (κ1) is 25.6. The summed E-state index contributed by atoms with van der Waals surface area (Å²) in [4.78, 5) is 11.2. The molecule has 3 aromatic carbocycles. The topological polar surface area (TPSA) is 93.8 Å². The van der Waals surface area contributed by atoms with E-state index < -0.39 is 23.6 Å². The molecule has 0 aliphatic carbocycles. The molecule has 1 aliphatic rings. The molecule has 2 unspecified atom stereocenters. The van der Waals surface area contributed by atoms with Gasteiger partial charge in [0.2, 0.25) is 0 Å². The smallest absolute Gasteiger partial charge is 0.307 e. The minimum absolute atomic E-state index is 0.0196. The van der Waals surface area contributed by atoms with Gasteiger partial charge >= 0.3 is 5.97 Å². The van der Waals surface area contributed by atoms with Gasteiger partial charge in [-0.3, -0.25) is 4.79 Å². The average Bonchev–Trinajstić information content (AvgIpc) is 3.37. The number of rotatable bonds is 10. The number of para-hydroxylation sites is 1. The van der Waals surface area contributed by atoms with Gasteiger partial charge < -0.3 is 25.6 Å². The minimum atomic E-state index is -0.972. The summed E-state index contributed by atoms with van der Waals surface area (Å²) in [5.41, 5.74) is 7.74. The average molecular weight is 497 g/mol. The quantitative estimate of drug-likeness (QED) is 0.346. The summed E-state index contributed by atoms with van der Waals surface area (Å²) in [7, 11) is 0. The van der Waals surface area contributed by atoms with Gasteiger partial charge in [-0.25, -0.2) is 8.78 Å². The van der Waals surface area contributed by atoms with Crippen molar-refractivity contribution in [2.75, 3.05) is 18.5 Å². The molecule has 1 fully saturated rings. The number of carboxylic acid groups (broad SMARTS) is 1. The third-order valence-corrected chi connectivity index (χ3v) is 6.19. The number of carbonyl (C=O) groups is 1. The molecule has 190 valence electrons. The second-order valence-corrected chi connectivity index (χ2v) is 8.99. The van der Waals surface area contributed by atoms with Crippen LogP contribution in [0.3, 0.4) is 0 Å². The van der Waals surface area contributed by atoms with Crippen LogP contribution in [0.2, 0.25) is 0 Å². The summed E-state index contributed by atoms with van der Waals surface area (Å²) < 4.78 is 42.6. The fourth-order valence-electron chi connectivity index (χ4n) is 4.35. The standard InChI is InChI=1S/C28H30F2N2O4/c1-17(31)21-8-4-9-22(27(21)29)23-12-18(13-24(28(23)30)32-15-20-7-5-11-35-20)16-36-25-10-3-2-6-19(25)14-26(33)34/h2-4,6,8-10,12-13,17,20,32H,5,7,11,14-16,31H2,1H3,(H,33,34). The Kier molecular flexibility index (Phi) is 8.18. The van der Waals surface area contributed by atoms with E-state index in [1.54, 1.807) is 55.5 Å². The van der Waals surface area contributed by atoms with Crippen molar-refractivity contribution in [1.82, 2.24) is 0 Å². The number of nitrogens with two attached hydrogens (primary N) is 1. The molecule has 0 amide bonds. The second kappa shape index (κ2) is 11.5. The van der Waals surface area contributed by atoms with Crippen LogP contribution in [0, 0.1) is 11.6 Å². The van der Waals surface area contributed by atoms with Crippen molar-refractivity contribution in [2.45, 2.75) is 44.9 Å². The van der Waals surface area contributed by atoms with Crippen LogP contribution in [0.25, 0.3) is 11.1 Å². The van der Waals surface area contributed by atoms with Gasteiger partial charge in [0.05, 0.1) is 18.2 Å². The highest BCUT2D eigenvalue weighted by Crippen LogP contribution is 2.34. The van der Waals surface area contributed by atoms with Crippen LogP contribution in [-0.2, 0) is 22.6 Å². The normalized spacial score (nSPS) is 16.1. The van der Waals surface area contributed by atoms with E-state index in [1.807, 2.05) is 0 Å². The van der Waals surface area contributed by atoms with E-state index in [1.165, 1.54) is 6.07 Å². The number of nitrogens with one attached hydrogen (secondary N) is 1. The Morgan fingerprint density at radius 1 is 1.17 bits per heavy atom. The number of benzene rings is 3. The van der Waals surface area contributed by atoms with Crippen molar-refractivity contribution >= 4 is 11.7 Å². The Morgan fingerprint density at radius 2 is 1.97 bits per heavy atom. The highest BCUT2D eigenvalue weighted by molar-refractivity contribution is 5.72. The summed E-state index contributed by atoms with van der Waals surface area (Å²) in [6.45, 7) is 2.81. The third-order valence-electron chi connectivity index (χ3n) is 6.19. The highest BCUT2D eigenvalue weighted by atomic mass is 19.1. The molecule has 3 aromatic rings. The number of ether oxygens (including phenoxy) is 2. The van der Waals surface area contributed by atoms with Gasteiger partial charge in [-0.05, 0) is 43.5 Å². The molecule has 8 heteroatoms. The van der Waals surface area contributed by atoms with Gasteiger partial charge in [0.1, 0.15) is 18.2 Å². The molecule has 1 saturated heterocycles. The lowest BCUT2D eigenvalue weighted by Gasteiger charge is -2.18. The highest BCUT2D eigenvalue weighted by Gasteiger charge is 2.21. The van der Waals surface area contributed by atoms with Crippen LogP contribution in [0.1, 0.15) is 42.5 Å². The van der Waals surface area contributed by atoms with Gasteiger partial charge in [-0.15, -0.1) is 0 Å². The molecule has 0 spiro atoms. The number of hydrogen-bond donors (Lipinski definition) is 3. The Labute approximate surface area is 209 Å². The molecule has 4 N–H and O–H groups in total. The lowest BCUT2D eigenvalue weighted by atomic mass is 9.96. The van der Waals surface area contributed by atoms with Gasteiger partial charge in [-0.1, -0.05) is 36.4 Å². The Hall–Kier alpha value is -3.49. The zero-order valence-electron chi connectivity index (χ0n) is 20.1. The van der Waals surface area contributed by atoms with Crippen LogP contribution in [-0.4, -0.2) is 30.3 Å². The largest absolute Gasteiger partial charge is 0.489 e. The molecule has 0 saturated carbocycles. The number of halogens is 2. The lowest BCUT2D eigenvalue weighted by molar-refractivity contribution is -0.136. The lowest BCUT2D eigenvalue weighted by Crippen LogP contribution is -2.19. The van der Waals surface area contributed by atoms with E-state index in [9.17, 15) is 9.90 Å². The van der Waals surface area contributed by atoms with Crippen molar-refractivity contribution in [2.24, 2.45) is 5.73 Å². The van der Waals surface area contributed by atoms with Gasteiger partial charge in [0.25, 0.3) is 0 Å². The molecule has 36 heavy (non-hydrogen) atoms. The van der Waals surface area contributed by atoms with E-state index in [4.69, 9.17) is 15.2 Å². The molecule has 0 bridgehead atoms. The maximum Gasteiger partial charge on any atom is 0.307 e. The molecule has 0 radical (unpaired) electrons. The summed E-state index contributed by atoms with van der Waals surface area (Å²) in [5.74, 6) is -1.70. The molecule has 0 aromatic heterocycles.